The Balaban J connectivity index is 1.66. The van der Waals surface area contributed by atoms with Gasteiger partial charge >= 0.3 is 0 Å². The Morgan fingerprint density at radius 3 is 2.58 bits per heavy atom. The first-order valence-electron chi connectivity index (χ1n) is 13.2. The molecular weight excluding hydrogens is 458 g/mol. The number of hydrogen-bond acceptors (Lipinski definition) is 6. The van der Waals surface area contributed by atoms with E-state index in [9.17, 15) is 14.9 Å². The molecule has 0 unspecified atom stereocenters. The van der Waals surface area contributed by atoms with Gasteiger partial charge in [-0.25, -0.2) is 0 Å². The van der Waals surface area contributed by atoms with Crippen LogP contribution in [0.2, 0.25) is 0 Å². The minimum Gasteiger partial charge on any atom is -0.493 e. The van der Waals surface area contributed by atoms with Gasteiger partial charge in [-0.2, -0.15) is 5.26 Å². The van der Waals surface area contributed by atoms with Crippen molar-refractivity contribution in [1.82, 2.24) is 9.80 Å². The van der Waals surface area contributed by atoms with Gasteiger partial charge in [-0.15, -0.1) is 0 Å². The average Bonchev–Trinajstić information content (AvgIpc) is 2.88. The van der Waals surface area contributed by atoms with Gasteiger partial charge in [-0.1, -0.05) is 19.3 Å². The molecule has 1 aromatic carbocycles. The molecule has 2 amide bonds. The molecule has 3 aliphatic rings. The van der Waals surface area contributed by atoms with E-state index in [1.165, 1.54) is 0 Å². The van der Waals surface area contributed by atoms with E-state index in [-0.39, 0.29) is 35.5 Å². The molecular formula is C28H39N3O5. The van der Waals surface area contributed by atoms with Crippen molar-refractivity contribution in [1.29, 1.82) is 5.26 Å². The number of likely N-dealkylation sites (N-methyl/N-ethyl adjacent to an activating group) is 1. The summed E-state index contributed by atoms with van der Waals surface area (Å²) < 4.78 is 18.2. The second-order valence-corrected chi connectivity index (χ2v) is 10.8. The number of hydrogen-bond donors (Lipinski definition) is 0. The predicted octanol–water partition coefficient (Wildman–Crippen LogP) is 3.77. The standard InChI is InChI=1S/C28H39N3O5/c1-30-18-25-24(34-3)10-8-21(36-25)11-14-35-23-9-7-20(17-29)15-22(23)27(33)31(2)19-28(16-26(30)32)12-5-4-6-13-28/h7,9,15,21,24-25H,4-6,8,10-14,16,18-19H2,1-3H3/t21-,24+,25+/m0/s1. The smallest absolute Gasteiger partial charge is 0.257 e. The largest absolute Gasteiger partial charge is 0.493 e. The van der Waals surface area contributed by atoms with E-state index in [0.29, 0.717) is 49.4 Å². The lowest BCUT2D eigenvalue weighted by Gasteiger charge is -2.42. The first kappa shape index (κ1) is 26.4. The molecule has 0 aromatic heterocycles. The quantitative estimate of drug-likeness (QED) is 0.587. The van der Waals surface area contributed by atoms with Crippen LogP contribution in [0, 0.1) is 16.7 Å². The zero-order valence-corrected chi connectivity index (χ0v) is 21.8. The van der Waals surface area contributed by atoms with E-state index >= 15 is 0 Å². The molecule has 1 aliphatic carbocycles. The number of rotatable bonds is 1. The van der Waals surface area contributed by atoms with Gasteiger partial charge < -0.3 is 24.0 Å². The van der Waals surface area contributed by atoms with Gasteiger partial charge in [-0.3, -0.25) is 9.59 Å². The van der Waals surface area contributed by atoms with Crippen molar-refractivity contribution in [3.05, 3.63) is 29.3 Å². The Morgan fingerprint density at radius 1 is 1.08 bits per heavy atom. The molecule has 2 aliphatic heterocycles. The van der Waals surface area contributed by atoms with Crippen molar-refractivity contribution in [2.45, 2.75) is 76.1 Å². The van der Waals surface area contributed by atoms with Crippen molar-refractivity contribution in [2.75, 3.05) is 40.9 Å². The molecule has 1 saturated carbocycles. The average molecular weight is 498 g/mol. The number of nitriles is 1. The number of methoxy groups -OCH3 is 1. The lowest BCUT2D eigenvalue weighted by atomic mass is 9.71. The number of carbonyl (C=O) groups is 2. The van der Waals surface area contributed by atoms with E-state index in [2.05, 4.69) is 6.07 Å². The molecule has 2 fully saturated rings. The van der Waals surface area contributed by atoms with Crippen LogP contribution >= 0.6 is 0 Å². The highest BCUT2D eigenvalue weighted by Crippen LogP contribution is 2.41. The van der Waals surface area contributed by atoms with Crippen LogP contribution in [0.4, 0.5) is 0 Å². The summed E-state index contributed by atoms with van der Waals surface area (Å²) in [7, 11) is 5.34. The number of carbonyl (C=O) groups excluding carboxylic acids is 2. The summed E-state index contributed by atoms with van der Waals surface area (Å²) in [6, 6.07) is 7.13. The van der Waals surface area contributed by atoms with Crippen LogP contribution in [0.25, 0.3) is 0 Å². The Morgan fingerprint density at radius 2 is 1.86 bits per heavy atom. The van der Waals surface area contributed by atoms with Gasteiger partial charge in [-0.05, 0) is 49.3 Å². The monoisotopic (exact) mass is 497 g/mol. The number of benzene rings is 1. The summed E-state index contributed by atoms with van der Waals surface area (Å²) in [6.07, 6.45) is 7.61. The maximum absolute atomic E-state index is 13.6. The fourth-order valence-corrected chi connectivity index (χ4v) is 6.07. The highest BCUT2D eigenvalue weighted by molar-refractivity contribution is 5.97. The van der Waals surface area contributed by atoms with Crippen LogP contribution in [-0.4, -0.2) is 80.8 Å². The van der Waals surface area contributed by atoms with Crippen LogP contribution in [0.15, 0.2) is 18.2 Å². The lowest BCUT2D eigenvalue weighted by Crippen LogP contribution is -2.49. The second-order valence-electron chi connectivity index (χ2n) is 10.8. The summed E-state index contributed by atoms with van der Waals surface area (Å²) >= 11 is 0. The van der Waals surface area contributed by atoms with Crippen molar-refractivity contribution in [3.8, 4) is 11.8 Å². The number of nitrogens with zero attached hydrogens (tertiary/aromatic N) is 3. The molecule has 196 valence electrons. The molecule has 8 nitrogen and oxygen atoms in total. The van der Waals surface area contributed by atoms with Crippen LogP contribution < -0.4 is 4.74 Å². The third-order valence-electron chi connectivity index (χ3n) is 8.13. The first-order valence-corrected chi connectivity index (χ1v) is 13.2. The summed E-state index contributed by atoms with van der Waals surface area (Å²) in [5.41, 5.74) is 0.539. The molecule has 3 atom stereocenters. The molecule has 36 heavy (non-hydrogen) atoms. The highest BCUT2D eigenvalue weighted by atomic mass is 16.5. The van der Waals surface area contributed by atoms with Gasteiger partial charge in [0.15, 0.2) is 0 Å². The van der Waals surface area contributed by atoms with E-state index in [0.717, 1.165) is 44.9 Å². The van der Waals surface area contributed by atoms with Gasteiger partial charge in [0.25, 0.3) is 5.91 Å². The maximum atomic E-state index is 13.6. The fourth-order valence-electron chi connectivity index (χ4n) is 6.07. The fraction of sp³-hybridized carbons (Fsp3) is 0.679. The summed E-state index contributed by atoms with van der Waals surface area (Å²) in [6.45, 7) is 1.37. The van der Waals surface area contributed by atoms with Gasteiger partial charge in [0.1, 0.15) is 11.9 Å². The summed E-state index contributed by atoms with van der Waals surface area (Å²) in [4.78, 5) is 30.6. The SMILES string of the molecule is CO[C@@H]1CC[C@H]2CCOc3ccc(C#N)cc3C(=O)N(C)CC3(CCCCC3)CC(=O)N(C)C[C@H]1O2. The molecule has 8 heteroatoms. The zero-order valence-electron chi connectivity index (χ0n) is 21.8. The molecule has 2 bridgehead atoms. The maximum Gasteiger partial charge on any atom is 0.257 e. The third-order valence-corrected chi connectivity index (χ3v) is 8.13. The minimum absolute atomic E-state index is 0.0114. The predicted molar refractivity (Wildman–Crippen MR) is 135 cm³/mol. The van der Waals surface area contributed by atoms with Crippen molar-refractivity contribution < 1.29 is 23.8 Å². The van der Waals surface area contributed by atoms with Crippen LogP contribution in [-0.2, 0) is 14.3 Å². The van der Waals surface area contributed by atoms with Crippen molar-refractivity contribution in [3.63, 3.8) is 0 Å². The molecule has 2 heterocycles. The summed E-state index contributed by atoms with van der Waals surface area (Å²) in [5.74, 6) is 0.381. The normalized spacial score (nSPS) is 27.8. The Bertz CT molecular complexity index is 984. The molecule has 1 aromatic rings. The highest BCUT2D eigenvalue weighted by Gasteiger charge is 2.39. The molecule has 1 spiro atoms. The second kappa shape index (κ2) is 11.6. The summed E-state index contributed by atoms with van der Waals surface area (Å²) in [5, 5.41) is 9.43. The topological polar surface area (TPSA) is 92.1 Å². The number of fused-ring (bicyclic) bond motifs is 3. The zero-order chi connectivity index (χ0) is 25.7. The van der Waals surface area contributed by atoms with Crippen molar-refractivity contribution in [2.24, 2.45) is 5.41 Å². The molecule has 1 saturated heterocycles. The Kier molecular flexibility index (Phi) is 8.53. The first-order chi connectivity index (χ1) is 17.3. The van der Waals surface area contributed by atoms with Crippen LogP contribution in [0.1, 0.15) is 73.7 Å². The number of amides is 2. The van der Waals surface area contributed by atoms with Crippen LogP contribution in [0.5, 0.6) is 5.75 Å². The molecule has 0 N–H and O–H groups in total. The molecule has 0 radical (unpaired) electrons. The number of ether oxygens (including phenoxy) is 3. The minimum atomic E-state index is -0.268. The van der Waals surface area contributed by atoms with E-state index in [1.54, 1.807) is 42.2 Å². The van der Waals surface area contributed by atoms with Gasteiger partial charge in [0.05, 0.1) is 36.0 Å². The van der Waals surface area contributed by atoms with Crippen LogP contribution in [0.3, 0.4) is 0 Å². The Labute approximate surface area is 214 Å². The lowest BCUT2D eigenvalue weighted by molar-refractivity contribution is -0.152. The van der Waals surface area contributed by atoms with Crippen molar-refractivity contribution >= 4 is 11.8 Å². The van der Waals surface area contributed by atoms with Gasteiger partial charge in [0, 0.05) is 47.1 Å². The third kappa shape index (κ3) is 6.01. The van der Waals surface area contributed by atoms with E-state index in [4.69, 9.17) is 14.2 Å². The van der Waals surface area contributed by atoms with E-state index in [1.807, 2.05) is 7.05 Å². The van der Waals surface area contributed by atoms with Gasteiger partial charge in [0.2, 0.25) is 5.91 Å². The molecule has 4 rings (SSSR count). The van der Waals surface area contributed by atoms with E-state index < -0.39 is 0 Å². The Hall–Kier alpha value is -2.63.